The van der Waals surface area contributed by atoms with Gasteiger partial charge in [-0.05, 0) is 30.7 Å². The highest BCUT2D eigenvalue weighted by molar-refractivity contribution is 5.83. The van der Waals surface area contributed by atoms with Crippen molar-refractivity contribution in [1.29, 1.82) is 0 Å². The molecule has 114 valence electrons. The number of aromatic hydroxyl groups is 1. The molecule has 0 aromatic heterocycles. The molecule has 0 aliphatic rings. The lowest BCUT2D eigenvalue weighted by atomic mass is 10.2. The first-order valence-electron chi connectivity index (χ1n) is 6.42. The summed E-state index contributed by atoms with van der Waals surface area (Å²) in [5.74, 6) is -0.484. The minimum Gasteiger partial charge on any atom is -0.500 e. The van der Waals surface area contributed by atoms with Crippen molar-refractivity contribution in [2.75, 3.05) is 12.5 Å². The number of hydrazone groups is 1. The number of nitro benzene ring substituents is 1. The fraction of sp³-hybridized carbons (Fsp3) is 0.133. The molecule has 0 atom stereocenters. The van der Waals surface area contributed by atoms with E-state index in [2.05, 4.69) is 10.5 Å². The fourth-order valence-corrected chi connectivity index (χ4v) is 1.88. The number of hydrogen-bond acceptors (Lipinski definition) is 6. The molecule has 0 spiro atoms. The lowest BCUT2D eigenvalue weighted by molar-refractivity contribution is -0.386. The summed E-state index contributed by atoms with van der Waals surface area (Å²) in [6.07, 6.45) is 1.41. The number of aryl methyl sites for hydroxylation is 1. The number of phenols is 1. The van der Waals surface area contributed by atoms with Crippen LogP contribution in [-0.4, -0.2) is 23.4 Å². The standard InChI is InChI=1S/C15H15N3O4/c1-10-4-3-5-12(6-10)17-16-9-11-7-13(18(20)21)15(19)14(8-11)22-2/h3-9,17,19H,1-2H3/b16-9+. The molecule has 0 heterocycles. The molecule has 7 heteroatoms. The van der Waals surface area contributed by atoms with Gasteiger partial charge in [-0.25, -0.2) is 0 Å². The van der Waals surface area contributed by atoms with E-state index in [9.17, 15) is 15.2 Å². The molecule has 2 aromatic carbocycles. The molecule has 0 unspecified atom stereocenters. The van der Waals surface area contributed by atoms with Crippen LogP contribution in [0.1, 0.15) is 11.1 Å². The average Bonchev–Trinajstić information content (AvgIpc) is 2.48. The summed E-state index contributed by atoms with van der Waals surface area (Å²) >= 11 is 0. The third-order valence-corrected chi connectivity index (χ3v) is 2.92. The smallest absolute Gasteiger partial charge is 0.315 e. The van der Waals surface area contributed by atoms with Crippen molar-refractivity contribution in [2.45, 2.75) is 6.92 Å². The first kappa shape index (κ1) is 15.3. The molecule has 0 amide bonds. The number of phenolic OH excluding ortho intramolecular Hbond substituents is 1. The average molecular weight is 301 g/mol. The first-order chi connectivity index (χ1) is 10.5. The first-order valence-corrected chi connectivity index (χ1v) is 6.42. The van der Waals surface area contributed by atoms with Crippen LogP contribution in [0, 0.1) is 17.0 Å². The van der Waals surface area contributed by atoms with E-state index < -0.39 is 16.4 Å². The highest BCUT2D eigenvalue weighted by atomic mass is 16.6. The molecule has 0 saturated heterocycles. The van der Waals surface area contributed by atoms with Gasteiger partial charge in [0, 0.05) is 11.6 Å². The molecule has 0 aliphatic heterocycles. The van der Waals surface area contributed by atoms with E-state index >= 15 is 0 Å². The van der Waals surface area contributed by atoms with Crippen molar-refractivity contribution in [1.82, 2.24) is 0 Å². The third kappa shape index (κ3) is 3.51. The van der Waals surface area contributed by atoms with Crippen LogP contribution in [0.3, 0.4) is 0 Å². The Morgan fingerprint density at radius 3 is 2.77 bits per heavy atom. The number of nitrogens with one attached hydrogen (secondary N) is 1. The SMILES string of the molecule is COc1cc(/C=N/Nc2cccc(C)c2)cc([N+](=O)[O-])c1O. The van der Waals surface area contributed by atoms with Gasteiger partial charge in [0.05, 0.1) is 23.9 Å². The van der Waals surface area contributed by atoms with Gasteiger partial charge in [0.25, 0.3) is 0 Å². The zero-order chi connectivity index (χ0) is 16.1. The normalized spacial score (nSPS) is 10.6. The van der Waals surface area contributed by atoms with E-state index in [1.807, 2.05) is 31.2 Å². The number of nitrogens with zero attached hydrogens (tertiary/aromatic N) is 2. The summed E-state index contributed by atoms with van der Waals surface area (Å²) in [5.41, 5.74) is 4.72. The second-order valence-electron chi connectivity index (χ2n) is 4.59. The van der Waals surface area contributed by atoms with Gasteiger partial charge in [-0.2, -0.15) is 5.10 Å². The topological polar surface area (TPSA) is 97.0 Å². The van der Waals surface area contributed by atoms with E-state index in [1.54, 1.807) is 0 Å². The van der Waals surface area contributed by atoms with Gasteiger partial charge >= 0.3 is 5.69 Å². The Morgan fingerprint density at radius 1 is 1.36 bits per heavy atom. The van der Waals surface area contributed by atoms with Gasteiger partial charge in [-0.1, -0.05) is 12.1 Å². The summed E-state index contributed by atoms with van der Waals surface area (Å²) in [7, 11) is 1.32. The molecule has 7 nitrogen and oxygen atoms in total. The molecule has 0 fully saturated rings. The van der Waals surface area contributed by atoms with Crippen LogP contribution < -0.4 is 10.2 Å². The maximum absolute atomic E-state index is 10.9. The second kappa shape index (κ2) is 6.57. The van der Waals surface area contributed by atoms with Crippen LogP contribution in [0.5, 0.6) is 11.5 Å². The second-order valence-corrected chi connectivity index (χ2v) is 4.59. The van der Waals surface area contributed by atoms with E-state index in [0.29, 0.717) is 5.56 Å². The Bertz CT molecular complexity index is 729. The lowest BCUT2D eigenvalue weighted by Gasteiger charge is -2.05. The van der Waals surface area contributed by atoms with Crippen LogP contribution >= 0.6 is 0 Å². The zero-order valence-electron chi connectivity index (χ0n) is 12.1. The van der Waals surface area contributed by atoms with Crippen molar-refractivity contribution in [3.63, 3.8) is 0 Å². The number of benzene rings is 2. The molecular weight excluding hydrogens is 286 g/mol. The molecule has 22 heavy (non-hydrogen) atoms. The van der Waals surface area contributed by atoms with Crippen molar-refractivity contribution in [3.8, 4) is 11.5 Å². The molecule has 2 aromatic rings. The molecule has 2 rings (SSSR count). The van der Waals surface area contributed by atoms with Crippen molar-refractivity contribution in [3.05, 3.63) is 57.6 Å². The number of nitro groups is 1. The largest absolute Gasteiger partial charge is 0.500 e. The van der Waals surface area contributed by atoms with Crippen LogP contribution in [0.25, 0.3) is 0 Å². The van der Waals surface area contributed by atoms with Crippen molar-refractivity contribution >= 4 is 17.6 Å². The Kier molecular flexibility index (Phi) is 4.57. The maximum Gasteiger partial charge on any atom is 0.315 e. The predicted octanol–water partition coefficient (Wildman–Crippen LogP) is 3.06. The molecule has 0 saturated carbocycles. The monoisotopic (exact) mass is 301 g/mol. The van der Waals surface area contributed by atoms with Crippen LogP contribution in [-0.2, 0) is 0 Å². The van der Waals surface area contributed by atoms with Gasteiger partial charge in [0.2, 0.25) is 5.75 Å². The highest BCUT2D eigenvalue weighted by Crippen LogP contribution is 2.36. The van der Waals surface area contributed by atoms with Crippen LogP contribution in [0.15, 0.2) is 41.5 Å². The highest BCUT2D eigenvalue weighted by Gasteiger charge is 2.19. The molecule has 0 radical (unpaired) electrons. The Morgan fingerprint density at radius 2 is 2.14 bits per heavy atom. The summed E-state index contributed by atoms with van der Waals surface area (Å²) in [6.45, 7) is 1.96. The molecule has 0 bridgehead atoms. The minimum absolute atomic E-state index is 0.0196. The zero-order valence-corrected chi connectivity index (χ0v) is 12.1. The van der Waals surface area contributed by atoms with Crippen molar-refractivity contribution < 1.29 is 14.8 Å². The van der Waals surface area contributed by atoms with E-state index in [1.165, 1.54) is 25.5 Å². The summed E-state index contributed by atoms with van der Waals surface area (Å²) in [5, 5.41) is 24.6. The maximum atomic E-state index is 10.9. The van der Waals surface area contributed by atoms with Crippen molar-refractivity contribution in [2.24, 2.45) is 5.10 Å². The number of rotatable bonds is 5. The summed E-state index contributed by atoms with van der Waals surface area (Å²) in [4.78, 5) is 10.2. The van der Waals surface area contributed by atoms with E-state index in [4.69, 9.17) is 4.74 Å². The Labute approximate surface area is 127 Å². The minimum atomic E-state index is -0.677. The van der Waals surface area contributed by atoms with Gasteiger partial charge in [-0.3, -0.25) is 15.5 Å². The molecule has 2 N–H and O–H groups in total. The van der Waals surface area contributed by atoms with Gasteiger partial charge < -0.3 is 9.84 Å². The quantitative estimate of drug-likeness (QED) is 0.502. The van der Waals surface area contributed by atoms with Crippen LogP contribution in [0.2, 0.25) is 0 Å². The van der Waals surface area contributed by atoms with E-state index in [0.717, 1.165) is 11.3 Å². The number of ether oxygens (including phenoxy) is 1. The van der Waals surface area contributed by atoms with Gasteiger partial charge in [-0.15, -0.1) is 0 Å². The number of hydrogen-bond donors (Lipinski definition) is 2. The molecule has 0 aliphatic carbocycles. The molecular formula is C15H15N3O4. The van der Waals surface area contributed by atoms with Crippen LogP contribution in [0.4, 0.5) is 11.4 Å². The van der Waals surface area contributed by atoms with E-state index in [-0.39, 0.29) is 5.75 Å². The summed E-state index contributed by atoms with van der Waals surface area (Å²) in [6, 6.07) is 10.3. The Balaban J connectivity index is 2.23. The lowest BCUT2D eigenvalue weighted by Crippen LogP contribution is -1.96. The van der Waals surface area contributed by atoms with Gasteiger partial charge in [0.1, 0.15) is 0 Å². The number of anilines is 1. The van der Waals surface area contributed by atoms with Gasteiger partial charge in [0.15, 0.2) is 5.75 Å². The number of methoxy groups -OCH3 is 1. The Hall–Kier alpha value is -3.09. The fourth-order valence-electron chi connectivity index (χ4n) is 1.88. The predicted molar refractivity (Wildman–Crippen MR) is 83.7 cm³/mol. The third-order valence-electron chi connectivity index (χ3n) is 2.92. The summed E-state index contributed by atoms with van der Waals surface area (Å²) < 4.78 is 4.92.